The van der Waals surface area contributed by atoms with Crippen LogP contribution in [-0.2, 0) is 23.9 Å². The Hall–Kier alpha value is -2.49. The maximum atomic E-state index is 13.0. The molecule has 0 amide bonds. The summed E-state index contributed by atoms with van der Waals surface area (Å²) in [5.41, 5.74) is -0.852. The molecule has 0 radical (unpaired) electrons. The lowest BCUT2D eigenvalue weighted by Crippen LogP contribution is -2.55. The zero-order valence-corrected chi connectivity index (χ0v) is 22.8. The molecule has 0 unspecified atom stereocenters. The quantitative estimate of drug-likeness (QED) is 0.199. The van der Waals surface area contributed by atoms with Gasteiger partial charge in [-0.15, -0.1) is 0 Å². The van der Waals surface area contributed by atoms with E-state index in [-0.39, 0.29) is 54.5 Å². The molecule has 212 valence electrons. The van der Waals surface area contributed by atoms with Crippen molar-refractivity contribution in [1.29, 1.82) is 0 Å². The van der Waals surface area contributed by atoms with Crippen LogP contribution in [-0.4, -0.2) is 70.4 Å². The Balaban J connectivity index is 1.84. The highest BCUT2D eigenvalue weighted by Crippen LogP contribution is 2.47. The molecule has 4 N–H and O–H groups in total. The maximum absolute atomic E-state index is 13.0. The second-order valence-corrected chi connectivity index (χ2v) is 11.6. The van der Waals surface area contributed by atoms with Crippen molar-refractivity contribution < 1.29 is 44.3 Å². The van der Waals surface area contributed by atoms with Crippen LogP contribution >= 0.6 is 0 Å². The molecular weight excluding hydrogens is 492 g/mol. The normalized spacial score (nSPS) is 32.2. The van der Waals surface area contributed by atoms with Crippen LogP contribution in [0.2, 0.25) is 0 Å². The number of rotatable bonds is 9. The van der Waals surface area contributed by atoms with E-state index in [1.54, 1.807) is 6.08 Å². The molecule has 9 heteroatoms. The van der Waals surface area contributed by atoms with Gasteiger partial charge >= 0.3 is 17.9 Å². The minimum Gasteiger partial charge on any atom is -0.478 e. The number of hydrogen-bond acceptors (Lipinski definition) is 8. The van der Waals surface area contributed by atoms with E-state index in [1.807, 2.05) is 19.9 Å². The van der Waals surface area contributed by atoms with Crippen LogP contribution < -0.4 is 0 Å². The smallest absolute Gasteiger partial charge is 0.336 e. The largest absolute Gasteiger partial charge is 0.478 e. The summed E-state index contributed by atoms with van der Waals surface area (Å²) in [4.78, 5) is 37.8. The van der Waals surface area contributed by atoms with Gasteiger partial charge in [-0.25, -0.2) is 9.59 Å². The monoisotopic (exact) mass is 534 g/mol. The van der Waals surface area contributed by atoms with Crippen molar-refractivity contribution in [3.05, 3.63) is 34.9 Å². The Kier molecular flexibility index (Phi) is 9.95. The maximum Gasteiger partial charge on any atom is 0.336 e. The lowest BCUT2D eigenvalue weighted by Gasteiger charge is -2.46. The molecular formula is C29H42O9. The highest BCUT2D eigenvalue weighted by molar-refractivity contribution is 5.89. The van der Waals surface area contributed by atoms with Gasteiger partial charge < -0.3 is 29.9 Å². The lowest BCUT2D eigenvalue weighted by molar-refractivity contribution is -0.181. The summed E-state index contributed by atoms with van der Waals surface area (Å²) in [6.45, 7) is 6.66. The molecule has 38 heavy (non-hydrogen) atoms. The number of ether oxygens (including phenoxy) is 2. The third-order valence-electron chi connectivity index (χ3n) is 8.58. The highest BCUT2D eigenvalue weighted by Gasteiger charge is 2.54. The molecule has 0 saturated heterocycles. The van der Waals surface area contributed by atoms with Gasteiger partial charge in [0, 0.05) is 0 Å². The number of carbonyl (C=O) groups is 3. The molecule has 9 nitrogen and oxygen atoms in total. The van der Waals surface area contributed by atoms with Gasteiger partial charge in [0.1, 0.15) is 18.8 Å². The Morgan fingerprint density at radius 1 is 1.13 bits per heavy atom. The van der Waals surface area contributed by atoms with Gasteiger partial charge in [0.2, 0.25) is 0 Å². The minimum absolute atomic E-state index is 0.0364. The van der Waals surface area contributed by atoms with Gasteiger partial charge in [0.25, 0.3) is 0 Å². The molecule has 0 aromatic carbocycles. The van der Waals surface area contributed by atoms with Crippen molar-refractivity contribution in [2.45, 2.75) is 59.0 Å². The standard InChI is InChI=1S/C29H42O9/c1-16(2)22-6-5-18(12-30)9-19(22)10-20(13-31)27(34)38-15-29(36)8-7-23(17(3)4)24-11-21(26(32)33)14-37-28(35)25(24)29/h9-11,16-17,19,22-25,30-31,36H,5-8,12-15H2,1-4H3,(H,32,33)/b20-10+/t19-,22-,23+,24+,25+,29+/m0/s1. The first kappa shape index (κ1) is 30.1. The number of cyclic esters (lactones) is 1. The number of aliphatic hydroxyl groups excluding tert-OH is 2. The van der Waals surface area contributed by atoms with Crippen LogP contribution in [0, 0.1) is 41.4 Å². The van der Waals surface area contributed by atoms with Gasteiger partial charge in [-0.05, 0) is 66.8 Å². The first-order valence-corrected chi connectivity index (χ1v) is 13.5. The predicted molar refractivity (Wildman–Crippen MR) is 139 cm³/mol. The fourth-order valence-electron chi connectivity index (χ4n) is 6.36. The minimum atomic E-state index is -1.75. The summed E-state index contributed by atoms with van der Waals surface area (Å²) in [5.74, 6) is -3.91. The number of carboxylic acids is 1. The Morgan fingerprint density at radius 3 is 2.39 bits per heavy atom. The summed E-state index contributed by atoms with van der Waals surface area (Å²) in [7, 11) is 0. The number of aliphatic hydroxyl groups is 3. The zero-order chi connectivity index (χ0) is 28.2. The van der Waals surface area contributed by atoms with E-state index >= 15 is 0 Å². The average Bonchev–Trinajstić information content (AvgIpc) is 3.05. The molecule has 2 aliphatic carbocycles. The molecule has 0 aromatic rings. The molecule has 1 fully saturated rings. The number of carboxylic acid groups (broad SMARTS) is 1. The Labute approximate surface area is 224 Å². The molecule has 1 heterocycles. The van der Waals surface area contributed by atoms with Gasteiger partial charge in [0.15, 0.2) is 0 Å². The van der Waals surface area contributed by atoms with Crippen molar-refractivity contribution in [2.24, 2.45) is 41.4 Å². The van der Waals surface area contributed by atoms with Crippen molar-refractivity contribution in [2.75, 3.05) is 26.4 Å². The average molecular weight is 535 g/mol. The number of aliphatic carboxylic acids is 1. The fourth-order valence-corrected chi connectivity index (χ4v) is 6.36. The molecule has 1 aliphatic heterocycles. The molecule has 1 saturated carbocycles. The second kappa shape index (κ2) is 12.6. The van der Waals surface area contributed by atoms with Crippen molar-refractivity contribution in [1.82, 2.24) is 0 Å². The Morgan fingerprint density at radius 2 is 1.82 bits per heavy atom. The van der Waals surface area contributed by atoms with E-state index in [0.29, 0.717) is 12.3 Å². The van der Waals surface area contributed by atoms with Crippen molar-refractivity contribution in [3.63, 3.8) is 0 Å². The van der Waals surface area contributed by atoms with Crippen LogP contribution in [0.5, 0.6) is 0 Å². The van der Waals surface area contributed by atoms with Crippen molar-refractivity contribution >= 4 is 17.9 Å². The van der Waals surface area contributed by atoms with Gasteiger partial charge in [-0.1, -0.05) is 45.9 Å². The number of carbonyl (C=O) groups excluding carboxylic acids is 2. The summed E-state index contributed by atoms with van der Waals surface area (Å²) >= 11 is 0. The molecule has 0 aromatic heterocycles. The molecule has 0 spiro atoms. The highest BCUT2D eigenvalue weighted by atomic mass is 16.6. The van der Waals surface area contributed by atoms with E-state index in [0.717, 1.165) is 18.4 Å². The zero-order valence-electron chi connectivity index (χ0n) is 22.8. The number of esters is 2. The van der Waals surface area contributed by atoms with E-state index in [9.17, 15) is 34.8 Å². The van der Waals surface area contributed by atoms with E-state index in [4.69, 9.17) is 9.47 Å². The van der Waals surface area contributed by atoms with Crippen molar-refractivity contribution in [3.8, 4) is 0 Å². The van der Waals surface area contributed by atoms with Gasteiger partial charge in [-0.2, -0.15) is 0 Å². The number of fused-ring (bicyclic) bond motifs is 1. The summed E-state index contributed by atoms with van der Waals surface area (Å²) < 4.78 is 10.7. The second-order valence-electron chi connectivity index (χ2n) is 11.6. The van der Waals surface area contributed by atoms with E-state index in [1.165, 1.54) is 6.08 Å². The summed E-state index contributed by atoms with van der Waals surface area (Å²) in [5, 5.41) is 40.7. The molecule has 0 bridgehead atoms. The van der Waals surface area contributed by atoms with Gasteiger partial charge in [-0.3, -0.25) is 4.79 Å². The van der Waals surface area contributed by atoms with Gasteiger partial charge in [0.05, 0.1) is 30.3 Å². The number of allylic oxidation sites excluding steroid dienone is 3. The number of hydrogen-bond donors (Lipinski definition) is 4. The summed E-state index contributed by atoms with van der Waals surface area (Å²) in [6.07, 6.45) is 7.46. The van der Waals surface area contributed by atoms with E-state index in [2.05, 4.69) is 13.8 Å². The van der Waals surface area contributed by atoms with Crippen LogP contribution in [0.15, 0.2) is 34.9 Å². The fraction of sp³-hybridized carbons (Fsp3) is 0.690. The summed E-state index contributed by atoms with van der Waals surface area (Å²) in [6, 6.07) is 0. The van der Waals surface area contributed by atoms with Crippen LogP contribution in [0.25, 0.3) is 0 Å². The first-order chi connectivity index (χ1) is 17.9. The van der Waals surface area contributed by atoms with E-state index < -0.39 is 48.6 Å². The topological polar surface area (TPSA) is 151 Å². The third-order valence-corrected chi connectivity index (χ3v) is 8.58. The Bertz CT molecular complexity index is 992. The molecule has 3 aliphatic rings. The SMILES string of the molecule is CC(C)[C@H]1CC[C@@](O)(COC(=O)/C(=C/[C@@H]2C=C(CO)CC[C@H]2C(C)C)CO)[C@H]2C(=O)OCC(C(=O)O)=C[C@H]12. The molecule has 3 rings (SSSR count). The third kappa shape index (κ3) is 6.55. The van der Waals surface area contributed by atoms with Crippen LogP contribution in [0.1, 0.15) is 53.4 Å². The molecule has 6 atom stereocenters. The van der Waals surface area contributed by atoms with Crippen LogP contribution in [0.3, 0.4) is 0 Å². The lowest BCUT2D eigenvalue weighted by atomic mass is 9.61. The van der Waals surface area contributed by atoms with Crippen LogP contribution in [0.4, 0.5) is 0 Å². The first-order valence-electron chi connectivity index (χ1n) is 13.5. The predicted octanol–water partition coefficient (Wildman–Crippen LogP) is 2.65.